The van der Waals surface area contributed by atoms with E-state index in [4.69, 9.17) is 9.47 Å². The molecule has 2 rings (SSSR count). The third-order valence-electron chi connectivity index (χ3n) is 4.45. The predicted molar refractivity (Wildman–Crippen MR) is 73.6 cm³/mol. The van der Waals surface area contributed by atoms with Crippen molar-refractivity contribution in [2.45, 2.75) is 64.7 Å². The first-order chi connectivity index (χ1) is 8.85. The largest absolute Gasteiger partial charge is 0.352 e. The maximum absolute atomic E-state index is 5.70. The highest BCUT2D eigenvalue weighted by Gasteiger charge is 2.34. The van der Waals surface area contributed by atoms with Gasteiger partial charge < -0.3 is 9.47 Å². The van der Waals surface area contributed by atoms with Crippen LogP contribution in [0, 0.1) is 5.92 Å². The summed E-state index contributed by atoms with van der Waals surface area (Å²) in [4.78, 5) is 2.64. The Morgan fingerprint density at radius 2 is 1.67 bits per heavy atom. The van der Waals surface area contributed by atoms with Crippen LogP contribution in [0.1, 0.15) is 52.4 Å². The molecule has 0 bridgehead atoms. The van der Waals surface area contributed by atoms with Gasteiger partial charge >= 0.3 is 0 Å². The second-order valence-electron chi connectivity index (χ2n) is 5.59. The summed E-state index contributed by atoms with van der Waals surface area (Å²) in [6, 6.07) is 0.802. The molecule has 0 aromatic rings. The lowest BCUT2D eigenvalue weighted by Gasteiger charge is -2.45. The smallest absolute Gasteiger partial charge is 0.170 e. The first-order valence-electron chi connectivity index (χ1n) is 7.82. The van der Waals surface area contributed by atoms with Gasteiger partial charge in [-0.3, -0.25) is 4.90 Å². The van der Waals surface area contributed by atoms with Crippen LogP contribution in [0.2, 0.25) is 0 Å². The normalized spacial score (nSPS) is 29.5. The Balaban J connectivity index is 1.88. The minimum atomic E-state index is -0.0272. The van der Waals surface area contributed by atoms with Gasteiger partial charge in [0.2, 0.25) is 0 Å². The summed E-state index contributed by atoms with van der Waals surface area (Å²) < 4.78 is 11.4. The van der Waals surface area contributed by atoms with Gasteiger partial charge in [0.25, 0.3) is 0 Å². The Kier molecular flexibility index (Phi) is 5.93. The fourth-order valence-electron chi connectivity index (χ4n) is 3.67. The number of rotatable bonds is 6. The zero-order valence-corrected chi connectivity index (χ0v) is 12.1. The standard InChI is InChI=1S/C15H29NO2/c1-3-17-15(18-4-2)12-16-11-7-9-13-8-5-6-10-14(13)16/h13-15H,3-12H2,1-2H3. The Hall–Kier alpha value is -0.120. The van der Waals surface area contributed by atoms with Gasteiger partial charge in [0.1, 0.15) is 0 Å². The predicted octanol–water partition coefficient (Wildman–Crippen LogP) is 3.04. The highest BCUT2D eigenvalue weighted by molar-refractivity contribution is 4.87. The van der Waals surface area contributed by atoms with Crippen LogP contribution in [0.25, 0.3) is 0 Å². The molecule has 18 heavy (non-hydrogen) atoms. The van der Waals surface area contributed by atoms with Gasteiger partial charge in [-0.05, 0) is 52.0 Å². The van der Waals surface area contributed by atoms with Crippen molar-refractivity contribution in [1.82, 2.24) is 4.90 Å². The third-order valence-corrected chi connectivity index (χ3v) is 4.45. The maximum Gasteiger partial charge on any atom is 0.170 e. The van der Waals surface area contributed by atoms with Crippen molar-refractivity contribution in [2.75, 3.05) is 26.3 Å². The van der Waals surface area contributed by atoms with Crippen molar-refractivity contribution in [3.05, 3.63) is 0 Å². The quantitative estimate of drug-likeness (QED) is 0.681. The summed E-state index contributed by atoms with van der Waals surface area (Å²) >= 11 is 0. The molecule has 1 heterocycles. The van der Waals surface area contributed by atoms with Crippen molar-refractivity contribution >= 4 is 0 Å². The zero-order chi connectivity index (χ0) is 12.8. The van der Waals surface area contributed by atoms with Crippen LogP contribution < -0.4 is 0 Å². The van der Waals surface area contributed by atoms with Gasteiger partial charge in [0, 0.05) is 25.8 Å². The van der Waals surface area contributed by atoms with Crippen molar-refractivity contribution in [2.24, 2.45) is 5.92 Å². The van der Waals surface area contributed by atoms with E-state index in [0.717, 1.165) is 31.7 Å². The van der Waals surface area contributed by atoms with Crippen LogP contribution in [0.3, 0.4) is 0 Å². The molecule has 1 aliphatic carbocycles. The van der Waals surface area contributed by atoms with Crippen LogP contribution in [-0.4, -0.2) is 43.5 Å². The second-order valence-corrected chi connectivity index (χ2v) is 5.59. The molecule has 0 radical (unpaired) electrons. The molecule has 106 valence electrons. The minimum absolute atomic E-state index is 0.0272. The topological polar surface area (TPSA) is 21.7 Å². The summed E-state index contributed by atoms with van der Waals surface area (Å²) in [6.07, 6.45) is 8.44. The first-order valence-corrected chi connectivity index (χ1v) is 7.82. The van der Waals surface area contributed by atoms with Gasteiger partial charge in [0.05, 0.1) is 0 Å². The highest BCUT2D eigenvalue weighted by atomic mass is 16.7. The Labute approximate surface area is 112 Å². The summed E-state index contributed by atoms with van der Waals surface area (Å²) in [5, 5.41) is 0. The third kappa shape index (κ3) is 3.69. The highest BCUT2D eigenvalue weighted by Crippen LogP contribution is 2.35. The molecule has 0 spiro atoms. The maximum atomic E-state index is 5.70. The molecule has 1 saturated heterocycles. The number of fused-ring (bicyclic) bond motifs is 1. The van der Waals surface area contributed by atoms with Gasteiger partial charge in [-0.15, -0.1) is 0 Å². The molecule has 2 atom stereocenters. The molecular formula is C15H29NO2. The number of piperidine rings is 1. The molecular weight excluding hydrogens is 226 g/mol. The fraction of sp³-hybridized carbons (Fsp3) is 1.00. The van der Waals surface area contributed by atoms with E-state index in [9.17, 15) is 0 Å². The van der Waals surface area contributed by atoms with Crippen LogP contribution >= 0.6 is 0 Å². The fourth-order valence-corrected chi connectivity index (χ4v) is 3.67. The van der Waals surface area contributed by atoms with E-state index in [1.54, 1.807) is 0 Å². The van der Waals surface area contributed by atoms with Gasteiger partial charge in [-0.25, -0.2) is 0 Å². The van der Waals surface area contributed by atoms with Crippen molar-refractivity contribution in [3.63, 3.8) is 0 Å². The van der Waals surface area contributed by atoms with Crippen molar-refractivity contribution in [3.8, 4) is 0 Å². The van der Waals surface area contributed by atoms with E-state index in [1.165, 1.54) is 45.1 Å². The molecule has 0 N–H and O–H groups in total. The molecule has 0 aromatic heterocycles. The van der Waals surface area contributed by atoms with Gasteiger partial charge in [0.15, 0.2) is 6.29 Å². The molecule has 3 heteroatoms. The number of likely N-dealkylation sites (tertiary alicyclic amines) is 1. The Morgan fingerprint density at radius 3 is 2.39 bits per heavy atom. The number of hydrogen-bond acceptors (Lipinski definition) is 3. The lowest BCUT2D eigenvalue weighted by molar-refractivity contribution is -0.156. The lowest BCUT2D eigenvalue weighted by atomic mass is 9.78. The average molecular weight is 255 g/mol. The molecule has 3 nitrogen and oxygen atoms in total. The molecule has 0 amide bonds. The molecule has 1 aliphatic heterocycles. The van der Waals surface area contributed by atoms with E-state index in [0.29, 0.717) is 0 Å². The lowest BCUT2D eigenvalue weighted by Crippen LogP contribution is -2.50. The van der Waals surface area contributed by atoms with E-state index in [2.05, 4.69) is 4.90 Å². The SMILES string of the molecule is CCOC(CN1CCCC2CCCCC21)OCC. The van der Waals surface area contributed by atoms with Crippen LogP contribution in [0.15, 0.2) is 0 Å². The van der Waals surface area contributed by atoms with E-state index in [-0.39, 0.29) is 6.29 Å². The number of ether oxygens (including phenoxy) is 2. The molecule has 1 saturated carbocycles. The summed E-state index contributed by atoms with van der Waals surface area (Å²) in [5.41, 5.74) is 0. The molecule has 2 unspecified atom stereocenters. The summed E-state index contributed by atoms with van der Waals surface area (Å²) in [6.45, 7) is 7.77. The van der Waals surface area contributed by atoms with E-state index >= 15 is 0 Å². The van der Waals surface area contributed by atoms with Crippen LogP contribution in [0.5, 0.6) is 0 Å². The zero-order valence-electron chi connectivity index (χ0n) is 12.1. The minimum Gasteiger partial charge on any atom is -0.352 e. The average Bonchev–Trinajstić information content (AvgIpc) is 2.40. The van der Waals surface area contributed by atoms with Crippen molar-refractivity contribution in [1.29, 1.82) is 0 Å². The Bertz CT molecular complexity index is 227. The molecule has 2 fully saturated rings. The van der Waals surface area contributed by atoms with Crippen LogP contribution in [0.4, 0.5) is 0 Å². The summed E-state index contributed by atoms with van der Waals surface area (Å²) in [7, 11) is 0. The second kappa shape index (κ2) is 7.46. The van der Waals surface area contributed by atoms with Gasteiger partial charge in [-0.2, -0.15) is 0 Å². The first kappa shape index (κ1) is 14.3. The number of hydrogen-bond donors (Lipinski definition) is 0. The van der Waals surface area contributed by atoms with Crippen LogP contribution in [-0.2, 0) is 9.47 Å². The molecule has 0 aromatic carbocycles. The molecule has 2 aliphatic rings. The monoisotopic (exact) mass is 255 g/mol. The number of nitrogens with zero attached hydrogens (tertiary/aromatic N) is 1. The van der Waals surface area contributed by atoms with E-state index in [1.807, 2.05) is 13.8 Å². The Morgan fingerprint density at radius 1 is 1.00 bits per heavy atom. The summed E-state index contributed by atoms with van der Waals surface area (Å²) in [5.74, 6) is 0.941. The van der Waals surface area contributed by atoms with Crippen molar-refractivity contribution < 1.29 is 9.47 Å². The van der Waals surface area contributed by atoms with Gasteiger partial charge in [-0.1, -0.05) is 12.8 Å². The van der Waals surface area contributed by atoms with E-state index < -0.39 is 0 Å².